The molecule has 0 bridgehead atoms. The molecule has 2 heteroatoms. The summed E-state index contributed by atoms with van der Waals surface area (Å²) >= 11 is 0. The Labute approximate surface area is 468 Å². The first-order valence-electron chi connectivity index (χ1n) is 27.8. The second-order valence-electron chi connectivity index (χ2n) is 21.5. The maximum absolute atomic E-state index is 2.40. The average molecular weight is 1020 g/mol. The first-order chi connectivity index (χ1) is 39.3. The number of nitrogens with zero attached hydrogens (tertiary/aromatic N) is 2. The normalized spacial score (nSPS) is 11.5. The molecule has 0 aliphatic rings. The van der Waals surface area contributed by atoms with Gasteiger partial charge in [-0.1, -0.05) is 241 Å². The van der Waals surface area contributed by atoms with Gasteiger partial charge in [0.1, 0.15) is 0 Å². The van der Waals surface area contributed by atoms with Gasteiger partial charge in [0.15, 0.2) is 0 Å². The van der Waals surface area contributed by atoms with Crippen molar-refractivity contribution >= 4 is 110 Å². The zero-order valence-electron chi connectivity index (χ0n) is 45.5. The highest BCUT2D eigenvalue weighted by Gasteiger charge is 2.23. The van der Waals surface area contributed by atoms with Crippen LogP contribution in [0, 0.1) is 27.7 Å². The predicted molar refractivity (Wildman–Crippen MR) is 346 cm³/mol. The molecule has 0 fully saturated rings. The van der Waals surface area contributed by atoms with E-state index in [-0.39, 0.29) is 0 Å². The fraction of sp³-hybridized carbons (Fsp3) is 0.0513. The van der Waals surface area contributed by atoms with Crippen molar-refractivity contribution in [2.24, 2.45) is 0 Å². The number of hydrogen-bond acceptors (Lipinski definition) is 2. The van der Waals surface area contributed by atoms with E-state index < -0.39 is 0 Å². The molecule has 380 valence electrons. The lowest BCUT2D eigenvalue weighted by Crippen LogP contribution is -2.11. The lowest BCUT2D eigenvalue weighted by atomic mass is 9.84. The van der Waals surface area contributed by atoms with E-state index in [1.54, 1.807) is 0 Å². The van der Waals surface area contributed by atoms with Gasteiger partial charge in [-0.2, -0.15) is 0 Å². The minimum atomic E-state index is 1.15. The molecule has 0 amide bonds. The third-order valence-corrected chi connectivity index (χ3v) is 16.3. The summed E-state index contributed by atoms with van der Waals surface area (Å²) in [4.78, 5) is 4.80. The van der Waals surface area contributed by atoms with Crippen molar-refractivity contribution < 1.29 is 0 Å². The molecule has 0 radical (unpaired) electrons. The Hall–Kier alpha value is -10.0. The van der Waals surface area contributed by atoms with Crippen LogP contribution in [0.5, 0.6) is 0 Å². The number of hydrogen-bond donors (Lipinski definition) is 0. The second kappa shape index (κ2) is 20.1. The van der Waals surface area contributed by atoms with Crippen molar-refractivity contribution in [2.45, 2.75) is 27.7 Å². The van der Waals surface area contributed by atoms with Crippen LogP contribution < -0.4 is 9.80 Å². The van der Waals surface area contributed by atoms with Crippen LogP contribution in [0.15, 0.2) is 279 Å². The number of fused-ring (bicyclic) bond motifs is 4. The van der Waals surface area contributed by atoms with Gasteiger partial charge in [0.25, 0.3) is 0 Å². The van der Waals surface area contributed by atoms with Crippen LogP contribution in [0.1, 0.15) is 22.3 Å². The lowest BCUT2D eigenvalue weighted by molar-refractivity contribution is 1.28. The monoisotopic (exact) mass is 1020 g/mol. The summed E-state index contributed by atoms with van der Waals surface area (Å²) in [6.45, 7) is 8.57. The summed E-state index contributed by atoms with van der Waals surface area (Å²) in [6.07, 6.45) is 0. The van der Waals surface area contributed by atoms with Gasteiger partial charge in [0.2, 0.25) is 0 Å². The van der Waals surface area contributed by atoms with Crippen LogP contribution in [0.3, 0.4) is 0 Å². The van der Waals surface area contributed by atoms with E-state index in [1.165, 1.54) is 131 Å². The van der Waals surface area contributed by atoms with Gasteiger partial charge in [-0.25, -0.2) is 0 Å². The molecule has 0 unspecified atom stereocenters. The number of rotatable bonds is 8. The molecule has 15 aromatic rings. The van der Waals surface area contributed by atoms with Crippen molar-refractivity contribution in [3.05, 3.63) is 301 Å². The Bertz CT molecular complexity index is 4320. The molecule has 0 aromatic heterocycles. The first kappa shape index (κ1) is 48.4. The van der Waals surface area contributed by atoms with Gasteiger partial charge in [-0.05, 0) is 175 Å². The smallest absolute Gasteiger partial charge is 0.0540 e. The summed E-state index contributed by atoms with van der Waals surface area (Å²) in [7, 11) is 0. The topological polar surface area (TPSA) is 6.48 Å². The van der Waals surface area contributed by atoms with Gasteiger partial charge >= 0.3 is 0 Å². The van der Waals surface area contributed by atoms with Crippen LogP contribution in [-0.2, 0) is 0 Å². The molecule has 15 aromatic carbocycles. The van der Waals surface area contributed by atoms with Crippen LogP contribution >= 0.6 is 0 Å². The Morgan fingerprint density at radius 2 is 0.475 bits per heavy atom. The van der Waals surface area contributed by atoms with Crippen molar-refractivity contribution in [1.29, 1.82) is 0 Å². The molecule has 0 saturated carbocycles. The highest BCUT2D eigenvalue weighted by molar-refractivity contribution is 6.29. The van der Waals surface area contributed by atoms with Crippen molar-refractivity contribution in [1.82, 2.24) is 0 Å². The maximum Gasteiger partial charge on any atom is 0.0540 e. The van der Waals surface area contributed by atoms with Crippen molar-refractivity contribution in [2.75, 3.05) is 9.80 Å². The van der Waals surface area contributed by atoms with Gasteiger partial charge in [-0.3, -0.25) is 0 Å². The number of benzene rings is 15. The molecule has 0 N–H and O–H groups in total. The van der Waals surface area contributed by atoms with Gasteiger partial charge in [0, 0.05) is 33.5 Å². The van der Waals surface area contributed by atoms with E-state index in [1.807, 2.05) is 0 Å². The third kappa shape index (κ3) is 8.45. The van der Waals surface area contributed by atoms with E-state index in [0.29, 0.717) is 0 Å². The number of aryl methyl sites for hydroxylation is 4. The Morgan fingerprint density at radius 3 is 0.800 bits per heavy atom. The molecule has 0 aliphatic heterocycles. The van der Waals surface area contributed by atoms with Crippen LogP contribution in [0.2, 0.25) is 0 Å². The quantitative estimate of drug-likeness (QED) is 0.111. The van der Waals surface area contributed by atoms with E-state index >= 15 is 0 Å². The van der Waals surface area contributed by atoms with E-state index in [2.05, 4.69) is 317 Å². The van der Waals surface area contributed by atoms with Gasteiger partial charge < -0.3 is 9.80 Å². The van der Waals surface area contributed by atoms with Crippen LogP contribution in [-0.4, -0.2) is 0 Å². The summed E-state index contributed by atoms with van der Waals surface area (Å²) in [5.74, 6) is 0. The zero-order chi connectivity index (χ0) is 53.8. The van der Waals surface area contributed by atoms with Crippen molar-refractivity contribution in [3.8, 4) is 22.3 Å². The highest BCUT2D eigenvalue weighted by atomic mass is 15.1. The van der Waals surface area contributed by atoms with E-state index in [0.717, 1.165) is 22.7 Å². The molecule has 0 heterocycles. The lowest BCUT2D eigenvalue weighted by Gasteiger charge is -2.29. The maximum atomic E-state index is 2.40. The average Bonchev–Trinajstić information content (AvgIpc) is 3.35. The van der Waals surface area contributed by atoms with Gasteiger partial charge in [0.05, 0.1) is 11.4 Å². The third-order valence-electron chi connectivity index (χ3n) is 16.3. The summed E-state index contributed by atoms with van der Waals surface area (Å²) in [5, 5.41) is 17.9. The fourth-order valence-electron chi connectivity index (χ4n) is 12.4. The Kier molecular flexibility index (Phi) is 12.1. The summed E-state index contributed by atoms with van der Waals surface area (Å²) in [5.41, 5.74) is 17.1. The molecule has 80 heavy (non-hydrogen) atoms. The highest BCUT2D eigenvalue weighted by Crippen LogP contribution is 2.49. The molecule has 2 nitrogen and oxygen atoms in total. The largest absolute Gasteiger partial charge is 0.310 e. The standard InChI is InChI=1S/C44H36N2.C34H22/c1-29-5-17-35(18-6-29)45(36-19-7-30(2)8-20-36)41-27-15-33-14-26-40-42(28-16-34-13-25-39(41)43(33)44(34)40)46(37-21-9-31(3)10-22-37)38-23-11-32(4)12-24-38;1-3-15-25-23(11-1)13-9-21-27(25)33-29-17-5-7-19-31(29)34(32-20-8-6-18-30(32)33)28-22-10-14-24-12-2-4-16-26(24)28/h5-28H,1-4H3;1-22H. The van der Waals surface area contributed by atoms with E-state index in [4.69, 9.17) is 0 Å². The van der Waals surface area contributed by atoms with E-state index in [9.17, 15) is 0 Å². The molecule has 15 rings (SSSR count). The molecule has 0 aliphatic carbocycles. The van der Waals surface area contributed by atoms with Crippen LogP contribution in [0.4, 0.5) is 34.1 Å². The first-order valence-corrected chi connectivity index (χ1v) is 27.8. The molecular weight excluding hydrogens is 965 g/mol. The Balaban J connectivity index is 0.000000151. The fourth-order valence-corrected chi connectivity index (χ4v) is 12.4. The Morgan fingerprint density at radius 1 is 0.200 bits per heavy atom. The van der Waals surface area contributed by atoms with Gasteiger partial charge in [-0.15, -0.1) is 0 Å². The summed E-state index contributed by atoms with van der Waals surface area (Å²) in [6, 6.07) is 102. The molecular formula is C78H58N2. The summed E-state index contributed by atoms with van der Waals surface area (Å²) < 4.78 is 0. The van der Waals surface area contributed by atoms with Crippen LogP contribution in [0.25, 0.3) is 97.7 Å². The molecule has 0 spiro atoms. The van der Waals surface area contributed by atoms with Crippen molar-refractivity contribution in [3.63, 3.8) is 0 Å². The minimum absolute atomic E-state index is 1.15. The predicted octanol–water partition coefficient (Wildman–Crippen LogP) is 22.4. The number of anilines is 6. The minimum Gasteiger partial charge on any atom is -0.310 e. The SMILES string of the molecule is Cc1ccc(N(c2ccc(C)cc2)c2ccc3ccc4c(N(c5ccc(C)cc5)c5ccc(C)cc5)ccc5ccc2c3c54)cc1.c1ccc2c(-c3c4ccccc4c(-c4cccc5ccccc45)c4ccccc34)cccc2c1. The molecule has 0 atom stereocenters. The molecule has 0 saturated heterocycles. The second-order valence-corrected chi connectivity index (χ2v) is 21.5. The zero-order valence-corrected chi connectivity index (χ0v) is 45.5.